The highest BCUT2D eigenvalue weighted by atomic mass is 35.5. The van der Waals surface area contributed by atoms with Gasteiger partial charge in [-0.25, -0.2) is 14.6 Å². The number of halogens is 4. The van der Waals surface area contributed by atoms with Gasteiger partial charge in [0.15, 0.2) is 0 Å². The summed E-state index contributed by atoms with van der Waals surface area (Å²) in [6, 6.07) is 18.0. The van der Waals surface area contributed by atoms with Crippen LogP contribution in [0.3, 0.4) is 0 Å². The van der Waals surface area contributed by atoms with Gasteiger partial charge in [-0.3, -0.25) is 18.8 Å². The summed E-state index contributed by atoms with van der Waals surface area (Å²) >= 11 is 31.1. The van der Waals surface area contributed by atoms with E-state index in [9.17, 15) is 35.4 Å². The van der Waals surface area contributed by atoms with E-state index < -0.39 is 52.9 Å². The molecule has 0 saturated carbocycles. The lowest BCUT2D eigenvalue weighted by Crippen LogP contribution is -2.50. The number of ether oxygens (including phenoxy) is 5. The van der Waals surface area contributed by atoms with Crippen molar-refractivity contribution >= 4 is 97.7 Å². The molecule has 0 amide bonds. The van der Waals surface area contributed by atoms with Crippen molar-refractivity contribution in [3.05, 3.63) is 191 Å². The van der Waals surface area contributed by atoms with E-state index in [1.54, 1.807) is 23.4 Å². The van der Waals surface area contributed by atoms with Crippen LogP contribution >= 0.6 is 91.8 Å². The van der Waals surface area contributed by atoms with E-state index in [0.29, 0.717) is 43.2 Å². The van der Waals surface area contributed by atoms with E-state index >= 15 is 0 Å². The molecule has 0 radical (unpaired) electrons. The van der Waals surface area contributed by atoms with Gasteiger partial charge in [0, 0.05) is 130 Å². The maximum Gasteiger partial charge on any atom is 0.327 e. The molecule has 10 N–H and O–H groups in total. The Morgan fingerprint density at radius 3 is 1.26 bits per heavy atom. The highest BCUT2D eigenvalue weighted by Crippen LogP contribution is 2.57. The fraction of sp³-hybridized carbons (Fsp3) is 0.568. The highest BCUT2D eigenvalue weighted by molar-refractivity contribution is 7.17. The predicted octanol–water partition coefficient (Wildman–Crippen LogP) is 12.1. The summed E-state index contributed by atoms with van der Waals surface area (Å²) in [5.74, 6) is -0.136. The summed E-state index contributed by atoms with van der Waals surface area (Å²) in [4.78, 5) is 23.8. The number of methoxy groups -OCH3 is 1. The molecule has 4 spiro atoms. The Morgan fingerprint density at radius 2 is 0.899 bits per heavy atom. The molecule has 2 unspecified atom stereocenters. The maximum atomic E-state index is 11.5. The topological polar surface area (TPSA) is 381 Å². The Kier molecular flexibility index (Phi) is 27.7. The number of hydrogen-bond acceptors (Lipinski definition) is 30. The number of aryl methyl sites for hydroxylation is 5. The monoisotopic (exact) mass is 1790 g/mol. The molecule has 640 valence electrons. The number of aliphatic hydroxyl groups is 6. The number of aromatic nitrogens is 14. The first-order chi connectivity index (χ1) is 57.2. The second-order valence-corrected chi connectivity index (χ2v) is 39.7. The van der Waals surface area contributed by atoms with Crippen LogP contribution in [-0.2, 0) is 83.5 Å². The fourth-order valence-corrected chi connectivity index (χ4v) is 23.9. The van der Waals surface area contributed by atoms with E-state index in [2.05, 4.69) is 105 Å². The van der Waals surface area contributed by atoms with Crippen LogP contribution in [0.4, 0.5) is 0 Å². The predicted molar refractivity (Wildman–Crippen MR) is 450 cm³/mol. The minimum atomic E-state index is -0.654. The second-order valence-electron chi connectivity index (χ2n) is 32.9. The van der Waals surface area contributed by atoms with Crippen molar-refractivity contribution in [2.75, 3.05) is 40.1 Å². The van der Waals surface area contributed by atoms with Gasteiger partial charge in [-0.05, 0) is 133 Å². The van der Waals surface area contributed by atoms with Gasteiger partial charge in [-0.2, -0.15) is 0 Å². The van der Waals surface area contributed by atoms with Gasteiger partial charge in [0.2, 0.25) is 0 Å². The van der Waals surface area contributed by atoms with Crippen LogP contribution < -0.4 is 21.3 Å². The van der Waals surface area contributed by atoms with Gasteiger partial charge < -0.3 is 75.6 Å². The van der Waals surface area contributed by atoms with Gasteiger partial charge in [-0.15, -0.1) is 65.7 Å². The highest BCUT2D eigenvalue weighted by Gasteiger charge is 2.53. The average molecular weight is 1790 g/mol. The third-order valence-corrected chi connectivity index (χ3v) is 29.5. The number of benzene rings is 1. The lowest BCUT2D eigenvalue weighted by Gasteiger charge is -2.46. The molecule has 8 aliphatic heterocycles. The molecule has 10 aromatic rings. The Hall–Kier alpha value is -6.27. The van der Waals surface area contributed by atoms with Gasteiger partial charge >= 0.3 is 5.97 Å². The lowest BCUT2D eigenvalue weighted by atomic mass is 9.79. The molecule has 30 nitrogen and oxygen atoms in total. The molecular formula is C81H102Cl4N18O12S4. The van der Waals surface area contributed by atoms with E-state index in [-0.39, 0.29) is 99.8 Å². The summed E-state index contributed by atoms with van der Waals surface area (Å²) in [6.07, 6.45) is 17.2. The van der Waals surface area contributed by atoms with Crippen LogP contribution in [-0.4, -0.2) is 171 Å². The Bertz CT molecular complexity index is 5090. The Morgan fingerprint density at radius 1 is 0.538 bits per heavy atom. The Labute approximate surface area is 725 Å². The second kappa shape index (κ2) is 37.7. The van der Waals surface area contributed by atoms with Crippen molar-refractivity contribution in [2.45, 2.75) is 246 Å². The number of thiophene rings is 4. The molecule has 17 heterocycles. The fourth-order valence-electron chi connectivity index (χ4n) is 18.1. The molecule has 8 aliphatic rings. The minimum absolute atomic E-state index is 0.0109. The number of carbonyl (C=O) groups excluding carboxylic acids is 1. The van der Waals surface area contributed by atoms with Crippen LogP contribution in [0.25, 0.3) is 0 Å². The summed E-state index contributed by atoms with van der Waals surface area (Å²) in [5.41, 5.74) is 8.07. The molecule has 0 aliphatic carbocycles. The van der Waals surface area contributed by atoms with Crippen LogP contribution in [0.1, 0.15) is 241 Å². The number of piperidine rings is 4. The van der Waals surface area contributed by atoms with Crippen molar-refractivity contribution in [1.29, 1.82) is 0 Å². The van der Waals surface area contributed by atoms with Crippen molar-refractivity contribution in [3.8, 4) is 0 Å². The average Bonchev–Trinajstić information content (AvgIpc) is 1.67. The van der Waals surface area contributed by atoms with Gasteiger partial charge in [0.05, 0.1) is 129 Å². The van der Waals surface area contributed by atoms with E-state index in [4.69, 9.17) is 65.4 Å². The number of rotatable bonds is 18. The zero-order valence-electron chi connectivity index (χ0n) is 67.1. The summed E-state index contributed by atoms with van der Waals surface area (Å²) < 4.78 is 39.4. The number of esters is 1. The minimum Gasteiger partial charge on any atom is -0.468 e. The van der Waals surface area contributed by atoms with Crippen LogP contribution in [0, 0.1) is 12.8 Å². The first-order valence-electron chi connectivity index (χ1n) is 40.4. The van der Waals surface area contributed by atoms with Gasteiger partial charge in [-0.1, -0.05) is 98.4 Å². The smallest absolute Gasteiger partial charge is 0.327 e. The third kappa shape index (κ3) is 19.8. The number of aliphatic hydroxyl groups excluding tert-OH is 6. The number of nitrogens with zero attached hydrogens (tertiary/aromatic N) is 14. The zero-order valence-corrected chi connectivity index (χ0v) is 73.4. The lowest BCUT2D eigenvalue weighted by molar-refractivity contribution is -0.141. The molecule has 9 aromatic heterocycles. The van der Waals surface area contributed by atoms with E-state index in [0.717, 1.165) is 152 Å². The third-order valence-electron chi connectivity index (χ3n) is 23.7. The standard InChI is InChI=1S/C24H29ClN4O3S.C21H25ClN6O2S.C19H27ClN4O3S.C17H21ClN4O4S/c1-14-5-3-4-6-16(14)20(30)7-8-29-12-19(27-28-29)18-11-24(10-15(2)26-18)23-17(9-22(25)33-23)21(31)13-32-24;1-13-8-21(20-15(7-19(22)31-20)18(29)11-30-21)9-16(25-13)17-10-28(27-26-17)6-2-3-14-4-5-23-12-24-14;1-11(9-25)3-4-24-8-15(22-23-24)14-7-19(6-12(2)21-14)18-13(5-17(20)28-18)16(26)10-27-19;1-9-4-17(16-10(3-14(18)27-16)13(23)8-26-17)5-11(19-9)12-6-22(21-20-12)7-15(24)25-2/h3-6,9,12,15,18,20-21,26,30-31H,7-8,10-11,13H2,1-2H3;4-5,7,10,12-13,16,18,25,29H,2-3,6,8-9,11H2,1H3;5,8,11-12,14,16,21,25-26H,3-4,6-7,9-10H2,1-2H3;3,6,9,11,13,19,23H,4-5,7-8H2,1-2H3/t15-,18-,20?,21+,24-;13-,16-,18+,21-;11?,12-,14-,16+,19-;9-,11-,13+,17-/m0000/s1. The van der Waals surface area contributed by atoms with Gasteiger partial charge in [0.1, 0.15) is 59.7 Å². The van der Waals surface area contributed by atoms with Gasteiger partial charge in [0.25, 0.3) is 0 Å². The quantitative estimate of drug-likeness (QED) is 0.0357. The van der Waals surface area contributed by atoms with Crippen molar-refractivity contribution in [2.24, 2.45) is 5.92 Å². The molecule has 4 saturated heterocycles. The SMILES string of the molecule is CC(CO)CCn1cc([C@@H]2C[C@]3(C[C@H](C)N2)OC[C@@H](O)c2cc(Cl)sc23)nn1.COC(=O)Cn1cc([C@@H]2C[C@]3(C[C@H](C)N2)OC[C@@H](O)c2cc(Cl)sc23)nn1.C[C@H]1C[C@@]2(C[C@@H](c3cn(CCCc4ccncn4)nn3)N1)OC[C@@H](O)c1cc(Cl)sc12.Cc1ccccc1C(O)CCn1cc([C@@H]2C[C@]3(C[C@H](C)N2)OC[C@@H](O)c2cc(Cl)sc23)nn1. The maximum absolute atomic E-state index is 11.5. The van der Waals surface area contributed by atoms with Crippen molar-refractivity contribution < 1.29 is 59.1 Å². The van der Waals surface area contributed by atoms with Crippen LogP contribution in [0.2, 0.25) is 17.3 Å². The molecular weight excluding hydrogens is 1690 g/mol. The molecule has 1 aromatic carbocycles. The zero-order chi connectivity index (χ0) is 83.7. The van der Waals surface area contributed by atoms with E-state index in [1.807, 2.05) is 96.4 Å². The van der Waals surface area contributed by atoms with Crippen molar-refractivity contribution in [1.82, 2.24) is 91.2 Å². The molecule has 18 atom stereocenters. The van der Waals surface area contributed by atoms with E-state index in [1.165, 1.54) is 57.1 Å². The summed E-state index contributed by atoms with van der Waals surface area (Å²) in [7, 11) is 1.34. The molecule has 18 rings (SSSR count). The first kappa shape index (κ1) is 87.6. The molecule has 4 fully saturated rings. The van der Waals surface area contributed by atoms with Crippen LogP contribution in [0.15, 0.2) is 91.9 Å². The number of hydrogen-bond donors (Lipinski definition) is 10. The molecule has 119 heavy (non-hydrogen) atoms. The largest absolute Gasteiger partial charge is 0.468 e. The first-order valence-corrected chi connectivity index (χ1v) is 45.2. The van der Waals surface area contributed by atoms with Crippen molar-refractivity contribution in [3.63, 3.8) is 0 Å². The summed E-state index contributed by atoms with van der Waals surface area (Å²) in [5, 5.41) is 110. The molecule has 0 bridgehead atoms. The normalized spacial score (nSPS) is 29.3. The number of fused-ring (bicyclic) bond motifs is 8. The van der Waals surface area contributed by atoms with Crippen LogP contribution in [0.5, 0.6) is 0 Å². The Balaban J connectivity index is 0.000000124. The molecule has 38 heteroatoms. The number of nitrogens with one attached hydrogen (secondary N) is 4. The summed E-state index contributed by atoms with van der Waals surface area (Å²) in [6.45, 7) is 15.9. The number of carbonyl (C=O) groups is 1.